The fourth-order valence-electron chi connectivity index (χ4n) is 2.60. The van der Waals surface area contributed by atoms with Crippen LogP contribution in [0.25, 0.3) is 0 Å². The van der Waals surface area contributed by atoms with E-state index in [9.17, 15) is 4.79 Å². The zero-order valence-corrected chi connectivity index (χ0v) is 13.1. The molecule has 0 radical (unpaired) electrons. The minimum Gasteiger partial charge on any atom is -0.352 e. The minimum atomic E-state index is 0.0894. The molecule has 112 valence electrons. The van der Waals surface area contributed by atoms with Gasteiger partial charge in [0.25, 0.3) is 0 Å². The average molecular weight is 276 g/mol. The zero-order valence-electron chi connectivity index (χ0n) is 13.1. The van der Waals surface area contributed by atoms with E-state index in [2.05, 4.69) is 45.1 Å². The standard InChI is InChI=1S/C17H28N2O/c1-12(2)9-15(11-18)19-17(20)10-14(4)16-8-6-5-7-13(16)3/h5-8,12,14-15H,9-11,18H2,1-4H3,(H,19,20). The van der Waals surface area contributed by atoms with Gasteiger partial charge < -0.3 is 11.1 Å². The van der Waals surface area contributed by atoms with E-state index in [-0.39, 0.29) is 17.9 Å². The molecule has 0 spiro atoms. The Labute approximate surface area is 122 Å². The van der Waals surface area contributed by atoms with Crippen molar-refractivity contribution in [3.05, 3.63) is 35.4 Å². The maximum atomic E-state index is 12.1. The molecule has 3 N–H and O–H groups in total. The fraction of sp³-hybridized carbons (Fsp3) is 0.588. The maximum Gasteiger partial charge on any atom is 0.220 e. The van der Waals surface area contributed by atoms with E-state index in [0.717, 1.165) is 6.42 Å². The largest absolute Gasteiger partial charge is 0.352 e. The van der Waals surface area contributed by atoms with Crippen LogP contribution in [0.5, 0.6) is 0 Å². The summed E-state index contributed by atoms with van der Waals surface area (Å²) in [6, 6.07) is 8.33. The van der Waals surface area contributed by atoms with Gasteiger partial charge in [-0.2, -0.15) is 0 Å². The molecule has 0 fully saturated rings. The number of benzene rings is 1. The SMILES string of the molecule is Cc1ccccc1C(C)CC(=O)NC(CN)CC(C)C. The molecular weight excluding hydrogens is 248 g/mol. The number of carbonyl (C=O) groups excluding carboxylic acids is 1. The predicted molar refractivity (Wildman–Crippen MR) is 84.7 cm³/mol. The Kier molecular flexibility index (Phi) is 6.73. The number of rotatable bonds is 7. The van der Waals surface area contributed by atoms with Crippen LogP contribution in [0.2, 0.25) is 0 Å². The maximum absolute atomic E-state index is 12.1. The molecule has 0 aliphatic carbocycles. The number of hydrogen-bond acceptors (Lipinski definition) is 2. The van der Waals surface area contributed by atoms with Gasteiger partial charge in [0.15, 0.2) is 0 Å². The number of hydrogen-bond donors (Lipinski definition) is 2. The van der Waals surface area contributed by atoms with E-state index in [1.54, 1.807) is 0 Å². The Hall–Kier alpha value is -1.35. The highest BCUT2D eigenvalue weighted by atomic mass is 16.1. The van der Waals surface area contributed by atoms with Gasteiger partial charge in [0.05, 0.1) is 0 Å². The second kappa shape index (κ2) is 8.05. The van der Waals surface area contributed by atoms with Crippen LogP contribution in [0.3, 0.4) is 0 Å². The lowest BCUT2D eigenvalue weighted by molar-refractivity contribution is -0.122. The van der Waals surface area contributed by atoms with Gasteiger partial charge in [0.2, 0.25) is 5.91 Å². The molecule has 1 amide bonds. The lowest BCUT2D eigenvalue weighted by atomic mass is 9.93. The molecule has 0 aromatic heterocycles. The first-order valence-corrected chi connectivity index (χ1v) is 7.49. The van der Waals surface area contributed by atoms with Crippen molar-refractivity contribution in [2.45, 2.75) is 52.5 Å². The molecule has 0 saturated heterocycles. The van der Waals surface area contributed by atoms with Crippen LogP contribution in [0.15, 0.2) is 24.3 Å². The van der Waals surface area contributed by atoms with Crippen molar-refractivity contribution >= 4 is 5.91 Å². The summed E-state index contributed by atoms with van der Waals surface area (Å²) in [7, 11) is 0. The second-order valence-corrected chi connectivity index (χ2v) is 6.09. The Morgan fingerprint density at radius 3 is 2.45 bits per heavy atom. The second-order valence-electron chi connectivity index (χ2n) is 6.09. The summed E-state index contributed by atoms with van der Waals surface area (Å²) in [4.78, 5) is 12.1. The number of nitrogens with two attached hydrogens (primary N) is 1. The molecule has 2 unspecified atom stereocenters. The van der Waals surface area contributed by atoms with Crippen molar-refractivity contribution in [1.82, 2.24) is 5.32 Å². The zero-order chi connectivity index (χ0) is 15.1. The molecule has 1 aromatic carbocycles. The quantitative estimate of drug-likeness (QED) is 0.804. The Morgan fingerprint density at radius 1 is 1.25 bits per heavy atom. The molecule has 0 bridgehead atoms. The third-order valence-corrected chi connectivity index (χ3v) is 3.62. The number of aryl methyl sites for hydroxylation is 1. The van der Waals surface area contributed by atoms with Crippen molar-refractivity contribution in [2.75, 3.05) is 6.54 Å². The van der Waals surface area contributed by atoms with E-state index in [1.807, 2.05) is 12.1 Å². The van der Waals surface area contributed by atoms with E-state index in [0.29, 0.717) is 18.9 Å². The van der Waals surface area contributed by atoms with Crippen molar-refractivity contribution in [1.29, 1.82) is 0 Å². The van der Waals surface area contributed by atoms with Gasteiger partial charge in [-0.1, -0.05) is 45.0 Å². The topological polar surface area (TPSA) is 55.1 Å². The predicted octanol–water partition coefficient (Wildman–Crippen LogP) is 2.98. The molecular formula is C17H28N2O. The first-order valence-electron chi connectivity index (χ1n) is 7.49. The number of amides is 1. The van der Waals surface area contributed by atoms with Crippen molar-refractivity contribution in [3.8, 4) is 0 Å². The highest BCUT2D eigenvalue weighted by molar-refractivity contribution is 5.77. The molecule has 1 aromatic rings. The summed E-state index contributed by atoms with van der Waals surface area (Å²) in [5.41, 5.74) is 8.21. The van der Waals surface area contributed by atoms with Crippen molar-refractivity contribution < 1.29 is 4.79 Å². The Morgan fingerprint density at radius 2 is 1.90 bits per heavy atom. The van der Waals surface area contributed by atoms with Crippen LogP contribution < -0.4 is 11.1 Å². The molecule has 1 rings (SSSR count). The summed E-state index contributed by atoms with van der Waals surface area (Å²) in [5.74, 6) is 0.864. The molecule has 0 saturated carbocycles. The molecule has 0 heterocycles. The van der Waals surface area contributed by atoms with Crippen LogP contribution in [0, 0.1) is 12.8 Å². The van der Waals surface area contributed by atoms with Gasteiger partial charge >= 0.3 is 0 Å². The molecule has 0 aliphatic rings. The lowest BCUT2D eigenvalue weighted by Gasteiger charge is -2.20. The van der Waals surface area contributed by atoms with Gasteiger partial charge in [-0.05, 0) is 36.3 Å². The van der Waals surface area contributed by atoms with Crippen LogP contribution in [-0.4, -0.2) is 18.5 Å². The summed E-state index contributed by atoms with van der Waals surface area (Å²) in [6.45, 7) is 8.98. The normalized spacial score (nSPS) is 14.1. The lowest BCUT2D eigenvalue weighted by Crippen LogP contribution is -2.41. The molecule has 2 atom stereocenters. The third kappa shape index (κ3) is 5.33. The number of carbonyl (C=O) groups is 1. The molecule has 3 nitrogen and oxygen atoms in total. The third-order valence-electron chi connectivity index (χ3n) is 3.62. The van der Waals surface area contributed by atoms with Crippen LogP contribution in [-0.2, 0) is 4.79 Å². The summed E-state index contributed by atoms with van der Waals surface area (Å²) in [6.07, 6.45) is 1.44. The van der Waals surface area contributed by atoms with Gasteiger partial charge in [-0.3, -0.25) is 4.79 Å². The fourth-order valence-corrected chi connectivity index (χ4v) is 2.60. The average Bonchev–Trinajstić information content (AvgIpc) is 2.37. The monoisotopic (exact) mass is 276 g/mol. The van der Waals surface area contributed by atoms with E-state index in [4.69, 9.17) is 5.73 Å². The van der Waals surface area contributed by atoms with Crippen LogP contribution in [0.1, 0.15) is 50.7 Å². The Bertz CT molecular complexity index is 429. The van der Waals surface area contributed by atoms with Gasteiger partial charge in [0, 0.05) is 19.0 Å². The summed E-state index contributed by atoms with van der Waals surface area (Å²) < 4.78 is 0. The summed E-state index contributed by atoms with van der Waals surface area (Å²) >= 11 is 0. The first kappa shape index (κ1) is 16.7. The molecule has 3 heteroatoms. The van der Waals surface area contributed by atoms with Gasteiger partial charge in [0.1, 0.15) is 0 Å². The first-order chi connectivity index (χ1) is 9.43. The minimum absolute atomic E-state index is 0.0894. The van der Waals surface area contributed by atoms with E-state index in [1.165, 1.54) is 11.1 Å². The molecule has 20 heavy (non-hydrogen) atoms. The molecule has 0 aliphatic heterocycles. The highest BCUT2D eigenvalue weighted by Crippen LogP contribution is 2.22. The highest BCUT2D eigenvalue weighted by Gasteiger charge is 2.16. The number of nitrogens with one attached hydrogen (secondary N) is 1. The van der Waals surface area contributed by atoms with Gasteiger partial charge in [-0.15, -0.1) is 0 Å². The van der Waals surface area contributed by atoms with Gasteiger partial charge in [-0.25, -0.2) is 0 Å². The van der Waals surface area contributed by atoms with Crippen molar-refractivity contribution in [3.63, 3.8) is 0 Å². The van der Waals surface area contributed by atoms with E-state index >= 15 is 0 Å². The van der Waals surface area contributed by atoms with Crippen LogP contribution >= 0.6 is 0 Å². The smallest absolute Gasteiger partial charge is 0.220 e. The summed E-state index contributed by atoms with van der Waals surface area (Å²) in [5, 5.41) is 3.05. The van der Waals surface area contributed by atoms with Crippen molar-refractivity contribution in [2.24, 2.45) is 11.7 Å². The van der Waals surface area contributed by atoms with E-state index < -0.39 is 0 Å². The van der Waals surface area contributed by atoms with Crippen LogP contribution in [0.4, 0.5) is 0 Å². The Balaban J connectivity index is 2.55.